The van der Waals surface area contributed by atoms with Crippen molar-refractivity contribution in [3.63, 3.8) is 0 Å². The van der Waals surface area contributed by atoms with E-state index in [1.807, 2.05) is 18.2 Å². The summed E-state index contributed by atoms with van der Waals surface area (Å²) >= 11 is 1.73. The summed E-state index contributed by atoms with van der Waals surface area (Å²) in [6, 6.07) is 5.61. The molecule has 16 heavy (non-hydrogen) atoms. The largest absolute Gasteiger partial charge is 0.449 e. The van der Waals surface area contributed by atoms with E-state index in [2.05, 4.69) is 0 Å². The van der Waals surface area contributed by atoms with Crippen molar-refractivity contribution < 1.29 is 9.53 Å². The number of hydrogen-bond donors (Lipinski definition) is 1. The van der Waals surface area contributed by atoms with Crippen LogP contribution in [-0.4, -0.2) is 25.0 Å². The van der Waals surface area contributed by atoms with Gasteiger partial charge in [-0.2, -0.15) is 0 Å². The number of hydrogen-bond acceptors (Lipinski definition) is 4. The SMILES string of the molecule is CCOC(=O)N1CCSc2ccc(N)cc21. The zero-order valence-electron chi connectivity index (χ0n) is 9.10. The lowest BCUT2D eigenvalue weighted by Crippen LogP contribution is -2.35. The molecule has 2 rings (SSSR count). The number of anilines is 2. The number of rotatable bonds is 1. The summed E-state index contributed by atoms with van der Waals surface area (Å²) < 4.78 is 5.01. The molecule has 4 nitrogen and oxygen atoms in total. The lowest BCUT2D eigenvalue weighted by molar-refractivity contribution is 0.160. The predicted octanol–water partition coefficient (Wildman–Crippen LogP) is 2.34. The number of nitrogen functional groups attached to an aromatic ring is 1. The Morgan fingerprint density at radius 2 is 2.44 bits per heavy atom. The van der Waals surface area contributed by atoms with Crippen molar-refractivity contribution in [1.82, 2.24) is 0 Å². The first-order valence-corrected chi connectivity index (χ1v) is 6.17. The number of carbonyl (C=O) groups is 1. The number of carbonyl (C=O) groups excluding carboxylic acids is 1. The van der Waals surface area contributed by atoms with Crippen LogP contribution in [0, 0.1) is 0 Å². The van der Waals surface area contributed by atoms with E-state index in [9.17, 15) is 4.79 Å². The van der Waals surface area contributed by atoms with E-state index in [0.29, 0.717) is 18.8 Å². The van der Waals surface area contributed by atoms with Crippen molar-refractivity contribution in [1.29, 1.82) is 0 Å². The predicted molar refractivity (Wildman–Crippen MR) is 65.9 cm³/mol. The third-order valence-corrected chi connectivity index (χ3v) is 3.38. The molecule has 1 aliphatic heterocycles. The zero-order chi connectivity index (χ0) is 11.5. The van der Waals surface area contributed by atoms with Crippen molar-refractivity contribution in [3.8, 4) is 0 Å². The highest BCUT2D eigenvalue weighted by Gasteiger charge is 2.23. The van der Waals surface area contributed by atoms with Crippen LogP contribution in [0.1, 0.15) is 6.92 Å². The minimum absolute atomic E-state index is 0.297. The minimum Gasteiger partial charge on any atom is -0.449 e. The molecule has 1 aliphatic rings. The van der Waals surface area contributed by atoms with Crippen LogP contribution in [0.2, 0.25) is 0 Å². The van der Waals surface area contributed by atoms with Gasteiger partial charge in [-0.05, 0) is 25.1 Å². The molecule has 1 aromatic carbocycles. The van der Waals surface area contributed by atoms with Crippen molar-refractivity contribution in [3.05, 3.63) is 18.2 Å². The third-order valence-electron chi connectivity index (χ3n) is 2.33. The summed E-state index contributed by atoms with van der Waals surface area (Å²) in [5, 5.41) is 0. The first-order valence-electron chi connectivity index (χ1n) is 5.19. The molecule has 0 spiro atoms. The fraction of sp³-hybridized carbons (Fsp3) is 0.364. The summed E-state index contributed by atoms with van der Waals surface area (Å²) in [4.78, 5) is 14.4. The maximum Gasteiger partial charge on any atom is 0.414 e. The second-order valence-corrected chi connectivity index (χ2v) is 4.56. The van der Waals surface area contributed by atoms with Gasteiger partial charge < -0.3 is 10.5 Å². The molecular weight excluding hydrogens is 224 g/mol. The number of nitrogens with two attached hydrogens (primary N) is 1. The van der Waals surface area contributed by atoms with Gasteiger partial charge in [0.1, 0.15) is 0 Å². The van der Waals surface area contributed by atoms with Gasteiger partial charge in [-0.3, -0.25) is 4.90 Å². The molecule has 1 aromatic rings. The van der Waals surface area contributed by atoms with Gasteiger partial charge in [-0.25, -0.2) is 4.79 Å². The van der Waals surface area contributed by atoms with E-state index in [1.54, 1.807) is 23.6 Å². The number of fused-ring (bicyclic) bond motifs is 1. The van der Waals surface area contributed by atoms with E-state index < -0.39 is 0 Å². The minimum atomic E-state index is -0.297. The molecular formula is C11H14N2O2S. The maximum absolute atomic E-state index is 11.7. The monoisotopic (exact) mass is 238 g/mol. The van der Waals surface area contributed by atoms with Crippen LogP contribution in [-0.2, 0) is 4.74 Å². The van der Waals surface area contributed by atoms with Gasteiger partial charge in [0.25, 0.3) is 0 Å². The quantitative estimate of drug-likeness (QED) is 0.763. The lowest BCUT2D eigenvalue weighted by Gasteiger charge is -2.28. The average molecular weight is 238 g/mol. The lowest BCUT2D eigenvalue weighted by atomic mass is 10.2. The molecule has 1 heterocycles. The van der Waals surface area contributed by atoms with Crippen LogP contribution in [0.5, 0.6) is 0 Å². The average Bonchev–Trinajstić information content (AvgIpc) is 2.28. The van der Waals surface area contributed by atoms with Crippen molar-refractivity contribution >= 4 is 29.2 Å². The number of thioether (sulfide) groups is 1. The van der Waals surface area contributed by atoms with Crippen molar-refractivity contribution in [2.45, 2.75) is 11.8 Å². The summed E-state index contributed by atoms with van der Waals surface area (Å²) in [6.07, 6.45) is -0.297. The zero-order valence-corrected chi connectivity index (χ0v) is 9.92. The molecule has 0 aliphatic carbocycles. The molecule has 0 aromatic heterocycles. The fourth-order valence-corrected chi connectivity index (χ4v) is 2.60. The molecule has 0 unspecified atom stereocenters. The van der Waals surface area contributed by atoms with Gasteiger partial charge in [0.15, 0.2) is 0 Å². The number of nitrogens with zero attached hydrogens (tertiary/aromatic N) is 1. The summed E-state index contributed by atoms with van der Waals surface area (Å²) in [7, 11) is 0. The Balaban J connectivity index is 2.31. The van der Waals surface area contributed by atoms with E-state index in [4.69, 9.17) is 10.5 Å². The first-order chi connectivity index (χ1) is 7.72. The van der Waals surface area contributed by atoms with E-state index in [1.165, 1.54) is 0 Å². The van der Waals surface area contributed by atoms with Gasteiger partial charge in [-0.1, -0.05) is 0 Å². The molecule has 0 bridgehead atoms. The molecule has 0 radical (unpaired) electrons. The van der Waals surface area contributed by atoms with Crippen LogP contribution in [0.3, 0.4) is 0 Å². The van der Waals surface area contributed by atoms with Crippen LogP contribution in [0.25, 0.3) is 0 Å². The van der Waals surface area contributed by atoms with Crippen molar-refractivity contribution in [2.24, 2.45) is 0 Å². The highest BCUT2D eigenvalue weighted by atomic mass is 32.2. The van der Waals surface area contributed by atoms with Gasteiger partial charge in [0.2, 0.25) is 0 Å². The van der Waals surface area contributed by atoms with Gasteiger partial charge in [0, 0.05) is 22.9 Å². The second kappa shape index (κ2) is 4.65. The Hall–Kier alpha value is -1.36. The number of amides is 1. The maximum atomic E-state index is 11.7. The molecule has 86 valence electrons. The molecule has 5 heteroatoms. The standard InChI is InChI=1S/C11H14N2O2S/c1-2-15-11(14)13-5-6-16-10-4-3-8(12)7-9(10)13/h3-4,7H,2,5-6,12H2,1H3. The third kappa shape index (κ3) is 2.09. The van der Waals surface area contributed by atoms with Gasteiger partial charge in [-0.15, -0.1) is 11.8 Å². The van der Waals surface area contributed by atoms with Crippen LogP contribution in [0.15, 0.2) is 23.1 Å². The van der Waals surface area contributed by atoms with E-state index in [0.717, 1.165) is 16.3 Å². The second-order valence-electron chi connectivity index (χ2n) is 3.43. The topological polar surface area (TPSA) is 55.6 Å². The summed E-state index contributed by atoms with van der Waals surface area (Å²) in [6.45, 7) is 2.86. The molecule has 0 saturated heterocycles. The molecule has 0 fully saturated rings. The van der Waals surface area contributed by atoms with Crippen LogP contribution >= 0.6 is 11.8 Å². The molecule has 2 N–H and O–H groups in total. The fourth-order valence-electron chi connectivity index (χ4n) is 1.63. The highest BCUT2D eigenvalue weighted by Crippen LogP contribution is 2.36. The normalized spacial score (nSPS) is 14.4. The molecule has 0 atom stereocenters. The Bertz CT molecular complexity index is 409. The Labute approximate surface area is 98.7 Å². The van der Waals surface area contributed by atoms with E-state index >= 15 is 0 Å². The van der Waals surface area contributed by atoms with Crippen LogP contribution in [0.4, 0.5) is 16.2 Å². The number of benzene rings is 1. The first kappa shape index (κ1) is 11.1. The Morgan fingerprint density at radius 1 is 1.62 bits per heavy atom. The molecule has 1 amide bonds. The molecule has 0 saturated carbocycles. The smallest absolute Gasteiger partial charge is 0.414 e. The highest BCUT2D eigenvalue weighted by molar-refractivity contribution is 7.99. The summed E-state index contributed by atoms with van der Waals surface area (Å²) in [5.41, 5.74) is 7.25. The van der Waals surface area contributed by atoms with E-state index in [-0.39, 0.29) is 6.09 Å². The van der Waals surface area contributed by atoms with Crippen molar-refractivity contribution in [2.75, 3.05) is 29.5 Å². The summed E-state index contributed by atoms with van der Waals surface area (Å²) in [5.74, 6) is 0.885. The van der Waals surface area contributed by atoms with Gasteiger partial charge >= 0.3 is 6.09 Å². The Kier molecular flexibility index (Phi) is 3.24. The van der Waals surface area contributed by atoms with Crippen LogP contribution < -0.4 is 10.6 Å². The van der Waals surface area contributed by atoms with Gasteiger partial charge in [0.05, 0.1) is 12.3 Å². The number of ether oxygens (including phenoxy) is 1. The Morgan fingerprint density at radius 3 is 3.19 bits per heavy atom.